The number of aromatic nitrogens is 2. The molecule has 8 heteroatoms. The highest BCUT2D eigenvalue weighted by atomic mass is 19.4. The van der Waals surface area contributed by atoms with Crippen molar-refractivity contribution in [2.75, 3.05) is 32.6 Å². The van der Waals surface area contributed by atoms with Crippen LogP contribution in [0.25, 0.3) is 11.3 Å². The lowest BCUT2D eigenvalue weighted by molar-refractivity contribution is -0.137. The Morgan fingerprint density at radius 3 is 2.52 bits per heavy atom. The zero-order valence-electron chi connectivity index (χ0n) is 18.1. The topological polar surface area (TPSA) is 50.3 Å². The van der Waals surface area contributed by atoms with Gasteiger partial charge in [-0.3, -0.25) is 0 Å². The van der Waals surface area contributed by atoms with Crippen molar-refractivity contribution in [3.63, 3.8) is 0 Å². The first kappa shape index (κ1) is 21.9. The van der Waals surface area contributed by atoms with Crippen molar-refractivity contribution < 1.29 is 17.9 Å². The smallest absolute Gasteiger partial charge is 0.416 e. The Morgan fingerprint density at radius 2 is 1.81 bits per heavy atom. The molecular formula is C23H29F3N4O. The SMILES string of the molecule is COc1cc(C(F)(F)F)cc2c1-c1nnc(NC3CCCN(C)C3)cc1CCCCC2. The number of rotatable bonds is 3. The summed E-state index contributed by atoms with van der Waals surface area (Å²) in [5.74, 6) is 0.933. The van der Waals surface area contributed by atoms with E-state index in [4.69, 9.17) is 4.74 Å². The summed E-state index contributed by atoms with van der Waals surface area (Å²) in [6, 6.07) is 4.66. The molecule has 1 N–H and O–H groups in total. The second-order valence-electron chi connectivity index (χ2n) is 8.62. The van der Waals surface area contributed by atoms with Crippen molar-refractivity contribution in [1.82, 2.24) is 15.1 Å². The predicted molar refractivity (Wildman–Crippen MR) is 114 cm³/mol. The van der Waals surface area contributed by atoms with Gasteiger partial charge >= 0.3 is 6.18 Å². The van der Waals surface area contributed by atoms with Crippen LogP contribution in [0.5, 0.6) is 5.75 Å². The standard InChI is InChI=1S/C23H29F3N4O/c1-30-10-6-9-18(14-30)27-20-12-16-8-5-3-4-7-15-11-17(23(24,25)26)13-19(31-2)21(15)22(16)29-28-20/h11-13,18H,3-10,14H2,1-2H3,(H,27,28). The molecule has 2 aliphatic rings. The largest absolute Gasteiger partial charge is 0.496 e. The molecule has 2 aromatic rings. The average Bonchev–Trinajstić information content (AvgIpc) is 2.81. The van der Waals surface area contributed by atoms with Crippen LogP contribution in [0.1, 0.15) is 48.8 Å². The molecular weight excluding hydrogens is 405 g/mol. The van der Waals surface area contributed by atoms with Gasteiger partial charge in [0, 0.05) is 18.2 Å². The van der Waals surface area contributed by atoms with E-state index >= 15 is 0 Å². The summed E-state index contributed by atoms with van der Waals surface area (Å²) in [4.78, 5) is 2.30. The third-order valence-electron chi connectivity index (χ3n) is 6.21. The second kappa shape index (κ2) is 9.02. The van der Waals surface area contributed by atoms with Crippen LogP contribution in [0, 0.1) is 0 Å². The molecule has 1 aromatic heterocycles. The number of aryl methyl sites for hydroxylation is 2. The molecule has 1 aromatic carbocycles. The minimum atomic E-state index is -4.42. The number of halogens is 3. The van der Waals surface area contributed by atoms with Crippen LogP contribution in [-0.4, -0.2) is 48.4 Å². The molecule has 31 heavy (non-hydrogen) atoms. The van der Waals surface area contributed by atoms with E-state index in [0.717, 1.165) is 69.1 Å². The molecule has 168 valence electrons. The number of benzene rings is 1. The quantitative estimate of drug-likeness (QED) is 0.741. The lowest BCUT2D eigenvalue weighted by atomic mass is 9.94. The van der Waals surface area contributed by atoms with Crippen LogP contribution < -0.4 is 10.1 Å². The molecule has 0 amide bonds. The maximum atomic E-state index is 13.4. The van der Waals surface area contributed by atoms with E-state index in [1.807, 2.05) is 6.07 Å². The Hall–Kier alpha value is -2.35. The number of fused-ring (bicyclic) bond motifs is 3. The highest BCUT2D eigenvalue weighted by molar-refractivity contribution is 5.75. The molecule has 1 saturated heterocycles. The maximum absolute atomic E-state index is 13.4. The van der Waals surface area contributed by atoms with Gasteiger partial charge in [0.25, 0.3) is 0 Å². The van der Waals surface area contributed by atoms with Crippen molar-refractivity contribution >= 4 is 5.82 Å². The fourth-order valence-electron chi connectivity index (χ4n) is 4.67. The molecule has 0 bridgehead atoms. The Morgan fingerprint density at radius 1 is 1.03 bits per heavy atom. The van der Waals surface area contributed by atoms with Gasteiger partial charge in [0.2, 0.25) is 0 Å². The number of piperidine rings is 1. The van der Waals surface area contributed by atoms with Crippen LogP contribution in [-0.2, 0) is 19.0 Å². The van der Waals surface area contributed by atoms with Crippen LogP contribution in [0.2, 0.25) is 0 Å². The summed E-state index contributed by atoms with van der Waals surface area (Å²) < 4.78 is 45.7. The molecule has 0 spiro atoms. The van der Waals surface area contributed by atoms with Gasteiger partial charge < -0.3 is 15.0 Å². The van der Waals surface area contributed by atoms with E-state index in [1.165, 1.54) is 13.2 Å². The molecule has 1 aliphatic carbocycles. The zero-order valence-corrected chi connectivity index (χ0v) is 18.1. The number of likely N-dealkylation sites (tertiary alicyclic amines) is 1. The third kappa shape index (κ3) is 4.95. The van der Waals surface area contributed by atoms with Crippen molar-refractivity contribution in [1.29, 1.82) is 0 Å². The summed E-state index contributed by atoms with van der Waals surface area (Å²) >= 11 is 0. The number of ether oxygens (including phenoxy) is 1. The molecule has 0 saturated carbocycles. The highest BCUT2D eigenvalue weighted by Gasteiger charge is 2.33. The monoisotopic (exact) mass is 434 g/mol. The number of methoxy groups -OCH3 is 1. The maximum Gasteiger partial charge on any atom is 0.416 e. The van der Waals surface area contributed by atoms with Crippen molar-refractivity contribution in [3.8, 4) is 17.0 Å². The summed E-state index contributed by atoms with van der Waals surface area (Å²) in [5, 5.41) is 12.4. The molecule has 5 nitrogen and oxygen atoms in total. The zero-order chi connectivity index (χ0) is 22.0. The molecule has 2 heterocycles. The number of nitrogens with one attached hydrogen (secondary N) is 1. The molecule has 1 unspecified atom stereocenters. The van der Waals surface area contributed by atoms with E-state index in [-0.39, 0.29) is 5.75 Å². The third-order valence-corrected chi connectivity index (χ3v) is 6.21. The Kier molecular flexibility index (Phi) is 6.36. The van der Waals surface area contributed by atoms with Gasteiger partial charge in [-0.05, 0) is 81.4 Å². The van der Waals surface area contributed by atoms with Crippen LogP contribution >= 0.6 is 0 Å². The van der Waals surface area contributed by atoms with Crippen LogP contribution in [0.15, 0.2) is 18.2 Å². The summed E-state index contributed by atoms with van der Waals surface area (Å²) in [6.07, 6.45) is 1.93. The molecule has 4 rings (SSSR count). The van der Waals surface area contributed by atoms with Crippen molar-refractivity contribution in [2.45, 2.75) is 57.2 Å². The summed E-state index contributed by atoms with van der Waals surface area (Å²) in [5.41, 5.74) is 2.22. The van der Waals surface area contributed by atoms with E-state index in [2.05, 4.69) is 27.5 Å². The normalized spacial score (nSPS) is 20.1. The van der Waals surface area contributed by atoms with E-state index < -0.39 is 11.7 Å². The van der Waals surface area contributed by atoms with Crippen LogP contribution in [0.3, 0.4) is 0 Å². The fourth-order valence-corrected chi connectivity index (χ4v) is 4.67. The predicted octanol–water partition coefficient (Wildman–Crippen LogP) is 4.95. The fraction of sp³-hybridized carbons (Fsp3) is 0.565. The van der Waals surface area contributed by atoms with Gasteiger partial charge in [0.15, 0.2) is 0 Å². The molecule has 0 radical (unpaired) electrons. The van der Waals surface area contributed by atoms with Gasteiger partial charge in [0.05, 0.1) is 12.7 Å². The van der Waals surface area contributed by atoms with E-state index in [1.54, 1.807) is 0 Å². The van der Waals surface area contributed by atoms with Crippen LogP contribution in [0.4, 0.5) is 19.0 Å². The molecule has 1 aliphatic heterocycles. The minimum absolute atomic E-state index is 0.205. The Labute approximate surface area is 181 Å². The Bertz CT molecular complexity index is 932. The summed E-state index contributed by atoms with van der Waals surface area (Å²) in [7, 11) is 3.52. The first-order valence-electron chi connectivity index (χ1n) is 11.0. The average molecular weight is 435 g/mol. The van der Waals surface area contributed by atoms with Gasteiger partial charge in [0.1, 0.15) is 17.3 Å². The first-order chi connectivity index (χ1) is 14.8. The lowest BCUT2D eigenvalue weighted by Crippen LogP contribution is -2.39. The second-order valence-corrected chi connectivity index (χ2v) is 8.62. The lowest BCUT2D eigenvalue weighted by Gasteiger charge is -2.30. The number of hydrogen-bond donors (Lipinski definition) is 1. The van der Waals surface area contributed by atoms with Gasteiger partial charge in [-0.25, -0.2) is 0 Å². The Balaban J connectivity index is 1.74. The number of alkyl halides is 3. The van der Waals surface area contributed by atoms with Gasteiger partial charge in [-0.2, -0.15) is 13.2 Å². The van der Waals surface area contributed by atoms with E-state index in [9.17, 15) is 13.2 Å². The molecule has 1 atom stereocenters. The van der Waals surface area contributed by atoms with Gasteiger partial charge in [-0.15, -0.1) is 10.2 Å². The minimum Gasteiger partial charge on any atom is -0.496 e. The first-order valence-corrected chi connectivity index (χ1v) is 11.0. The van der Waals surface area contributed by atoms with Crippen molar-refractivity contribution in [2.24, 2.45) is 0 Å². The highest BCUT2D eigenvalue weighted by Crippen LogP contribution is 2.41. The number of nitrogens with zero attached hydrogens (tertiary/aromatic N) is 3. The van der Waals surface area contributed by atoms with E-state index in [0.29, 0.717) is 29.3 Å². The number of anilines is 1. The number of likely N-dealkylation sites (N-methyl/N-ethyl adjacent to an activating group) is 1. The summed E-state index contributed by atoms with van der Waals surface area (Å²) in [6.45, 7) is 2.06. The van der Waals surface area contributed by atoms with Crippen molar-refractivity contribution in [3.05, 3.63) is 34.9 Å². The molecule has 1 fully saturated rings. The number of hydrogen-bond acceptors (Lipinski definition) is 5. The van der Waals surface area contributed by atoms with Gasteiger partial charge in [-0.1, -0.05) is 6.42 Å².